The normalized spacial score (nSPS) is 39.1. The van der Waals surface area contributed by atoms with Crippen molar-refractivity contribution in [1.82, 2.24) is 15.2 Å². The number of H-pyrrole nitrogens is 1. The van der Waals surface area contributed by atoms with Crippen LogP contribution in [0, 0.1) is 44.8 Å². The van der Waals surface area contributed by atoms with Gasteiger partial charge in [-0.25, -0.2) is 0 Å². The number of fused-ring (bicyclic) bond motifs is 9. The number of aliphatic carboxylic acids is 1. The average molecular weight is 621 g/mol. The molecule has 0 amide bonds. The monoisotopic (exact) mass is 620 g/mol. The van der Waals surface area contributed by atoms with Gasteiger partial charge < -0.3 is 10.8 Å². The van der Waals surface area contributed by atoms with E-state index in [0.29, 0.717) is 17.7 Å². The number of nitrogens with one attached hydrogen (secondary N) is 1. The van der Waals surface area contributed by atoms with Gasteiger partial charge in [-0.3, -0.25) is 14.9 Å². The Morgan fingerprint density at radius 1 is 0.978 bits per heavy atom. The molecule has 6 nitrogen and oxygen atoms in total. The van der Waals surface area contributed by atoms with Crippen molar-refractivity contribution in [2.75, 3.05) is 5.73 Å². The standard InChI is InChI=1S/C40H52N4O2/c1-35(2)14-16-40(34(45)46)17-15-39(7)31(28(40)21-35)26(25-10-8-9-23-22-42-18-12-24(23)25)19-30-37(5)20-27-32(43-44-33(27)41)36(3,4)29(37)11-13-38(30,39)6/h8-10,12,18,22,28-30H,11,13-17,19-21H2,1-7H3,(H,45,46)(H3,41,43,44)/t28?,29?,30?,37-,38+,39+,40-/m0/s1. The molecule has 0 bridgehead atoms. The average Bonchev–Trinajstić information content (AvgIpc) is 3.37. The maximum atomic E-state index is 13.5. The number of rotatable bonds is 2. The van der Waals surface area contributed by atoms with Crippen molar-refractivity contribution < 1.29 is 9.90 Å². The molecule has 4 N–H and O–H groups in total. The van der Waals surface area contributed by atoms with E-state index in [0.717, 1.165) is 63.2 Å². The number of anilines is 1. The molecule has 5 aliphatic carbocycles. The molecule has 5 aliphatic rings. The Morgan fingerprint density at radius 3 is 2.50 bits per heavy atom. The van der Waals surface area contributed by atoms with Crippen LogP contribution in [0.1, 0.15) is 117 Å². The van der Waals surface area contributed by atoms with Gasteiger partial charge in [-0.2, -0.15) is 5.10 Å². The van der Waals surface area contributed by atoms with Crippen molar-refractivity contribution in [2.24, 2.45) is 44.8 Å². The minimum Gasteiger partial charge on any atom is -0.481 e. The molecule has 0 spiro atoms. The van der Waals surface area contributed by atoms with Gasteiger partial charge in [-0.05, 0) is 120 Å². The van der Waals surface area contributed by atoms with E-state index in [9.17, 15) is 9.90 Å². The summed E-state index contributed by atoms with van der Waals surface area (Å²) in [6.45, 7) is 17.3. The molecule has 0 radical (unpaired) electrons. The molecule has 3 unspecified atom stereocenters. The maximum absolute atomic E-state index is 13.5. The second kappa shape index (κ2) is 9.26. The molecule has 0 aliphatic heterocycles. The van der Waals surface area contributed by atoms with Gasteiger partial charge in [0.05, 0.1) is 5.41 Å². The number of aromatic nitrogens is 3. The molecule has 3 fully saturated rings. The van der Waals surface area contributed by atoms with Crippen molar-refractivity contribution >= 4 is 28.1 Å². The lowest BCUT2D eigenvalue weighted by Gasteiger charge is -2.71. The third kappa shape index (κ3) is 3.62. The Morgan fingerprint density at radius 2 is 1.74 bits per heavy atom. The molecule has 1 aromatic carbocycles. The van der Waals surface area contributed by atoms with E-state index >= 15 is 0 Å². The quantitative estimate of drug-likeness (QED) is 0.265. The molecular formula is C40H52N4O2. The van der Waals surface area contributed by atoms with E-state index in [-0.39, 0.29) is 33.0 Å². The Kier molecular flexibility index (Phi) is 6.08. The smallest absolute Gasteiger partial charge is 0.310 e. The number of aromatic amines is 1. The minimum atomic E-state index is -0.695. The first-order valence-electron chi connectivity index (χ1n) is 17.7. The second-order valence-electron chi connectivity index (χ2n) is 18.1. The Bertz CT molecular complexity index is 1810. The van der Waals surface area contributed by atoms with Crippen LogP contribution in [0.3, 0.4) is 0 Å². The van der Waals surface area contributed by atoms with Crippen LogP contribution < -0.4 is 5.73 Å². The number of carboxylic acids is 1. The first-order valence-corrected chi connectivity index (χ1v) is 17.7. The number of nitrogen functional groups attached to an aromatic ring is 1. The van der Waals surface area contributed by atoms with Crippen molar-refractivity contribution in [1.29, 1.82) is 0 Å². The van der Waals surface area contributed by atoms with Crippen molar-refractivity contribution in [3.63, 3.8) is 0 Å². The molecule has 6 heteroatoms. The van der Waals surface area contributed by atoms with Crippen LogP contribution >= 0.6 is 0 Å². The number of allylic oxidation sites excluding steroid dienone is 2. The number of nitrogens with two attached hydrogens (primary N) is 1. The molecular weight excluding hydrogens is 568 g/mol. The molecule has 3 aromatic rings. The molecule has 2 heterocycles. The van der Waals surface area contributed by atoms with Gasteiger partial charge in [-0.1, -0.05) is 72.2 Å². The van der Waals surface area contributed by atoms with E-state index < -0.39 is 11.4 Å². The Hall–Kier alpha value is -3.15. The van der Waals surface area contributed by atoms with Crippen LogP contribution in [-0.4, -0.2) is 26.3 Å². The highest BCUT2D eigenvalue weighted by Crippen LogP contribution is 2.77. The van der Waals surface area contributed by atoms with Crippen LogP contribution in [0.15, 0.2) is 42.2 Å². The zero-order valence-electron chi connectivity index (χ0n) is 28.9. The molecule has 0 saturated heterocycles. The first-order chi connectivity index (χ1) is 21.6. The number of benzene rings is 1. The number of nitrogens with zero attached hydrogens (tertiary/aromatic N) is 2. The summed E-state index contributed by atoms with van der Waals surface area (Å²) in [6, 6.07) is 8.84. The molecule has 3 saturated carbocycles. The van der Waals surface area contributed by atoms with Gasteiger partial charge in [0.25, 0.3) is 0 Å². The van der Waals surface area contributed by atoms with Gasteiger partial charge >= 0.3 is 5.97 Å². The zero-order chi connectivity index (χ0) is 32.7. The highest BCUT2D eigenvalue weighted by atomic mass is 16.4. The van der Waals surface area contributed by atoms with E-state index in [2.05, 4.69) is 87.9 Å². The molecule has 244 valence electrons. The number of carbonyl (C=O) groups is 1. The Balaban J connectivity index is 1.42. The van der Waals surface area contributed by atoms with Crippen LogP contribution in [0.5, 0.6) is 0 Å². The third-order valence-corrected chi connectivity index (χ3v) is 15.4. The van der Waals surface area contributed by atoms with Crippen LogP contribution in [0.4, 0.5) is 5.82 Å². The number of carboxylic acid groups (broad SMARTS) is 1. The van der Waals surface area contributed by atoms with Crippen LogP contribution in [-0.2, 0) is 16.6 Å². The maximum Gasteiger partial charge on any atom is 0.310 e. The van der Waals surface area contributed by atoms with Gasteiger partial charge in [0.15, 0.2) is 0 Å². The largest absolute Gasteiger partial charge is 0.481 e. The topological polar surface area (TPSA) is 105 Å². The fourth-order valence-electron chi connectivity index (χ4n) is 12.8. The van der Waals surface area contributed by atoms with Gasteiger partial charge in [0.1, 0.15) is 5.82 Å². The summed E-state index contributed by atoms with van der Waals surface area (Å²) < 4.78 is 0. The van der Waals surface area contributed by atoms with Crippen LogP contribution in [0.2, 0.25) is 0 Å². The summed E-state index contributed by atoms with van der Waals surface area (Å²) >= 11 is 0. The number of pyridine rings is 1. The van der Waals surface area contributed by atoms with Gasteiger partial charge in [0.2, 0.25) is 0 Å². The van der Waals surface area contributed by atoms with Gasteiger partial charge in [-0.15, -0.1) is 0 Å². The van der Waals surface area contributed by atoms with E-state index in [4.69, 9.17) is 5.73 Å². The predicted octanol–water partition coefficient (Wildman–Crippen LogP) is 8.97. The lowest BCUT2D eigenvalue weighted by molar-refractivity contribution is -0.175. The van der Waals surface area contributed by atoms with E-state index in [1.165, 1.54) is 33.4 Å². The first kappa shape index (κ1) is 30.2. The van der Waals surface area contributed by atoms with Crippen LogP contribution in [0.25, 0.3) is 16.3 Å². The fraction of sp³-hybridized carbons (Fsp3) is 0.625. The predicted molar refractivity (Wildman–Crippen MR) is 184 cm³/mol. The summed E-state index contributed by atoms with van der Waals surface area (Å²) in [5.41, 5.74) is 12.5. The molecule has 7 atom stereocenters. The highest BCUT2D eigenvalue weighted by Gasteiger charge is 2.70. The lowest BCUT2D eigenvalue weighted by Crippen LogP contribution is -2.65. The van der Waals surface area contributed by atoms with E-state index in [1.807, 2.05) is 12.4 Å². The van der Waals surface area contributed by atoms with Crippen molar-refractivity contribution in [2.45, 2.75) is 112 Å². The summed E-state index contributed by atoms with van der Waals surface area (Å²) in [7, 11) is 0. The number of hydrogen-bond donors (Lipinski definition) is 3. The lowest BCUT2D eigenvalue weighted by atomic mass is 9.32. The highest BCUT2D eigenvalue weighted by molar-refractivity contribution is 5.95. The van der Waals surface area contributed by atoms with E-state index in [1.54, 1.807) is 0 Å². The van der Waals surface area contributed by atoms with Crippen molar-refractivity contribution in [3.8, 4) is 0 Å². The summed E-state index contributed by atoms with van der Waals surface area (Å²) in [6.07, 6.45) is 12.5. The molecule has 46 heavy (non-hydrogen) atoms. The number of hydrogen-bond acceptors (Lipinski definition) is 4. The molecule has 2 aromatic heterocycles. The summed E-state index contributed by atoms with van der Waals surface area (Å²) in [5, 5.41) is 21.4. The zero-order valence-corrected chi connectivity index (χ0v) is 28.9. The Labute approximate surface area is 274 Å². The summed E-state index contributed by atoms with van der Waals surface area (Å²) in [4.78, 5) is 18.0. The summed E-state index contributed by atoms with van der Waals surface area (Å²) in [5.74, 6) is 1.01. The SMILES string of the molecule is CC1(C)CC[C@]2(C(=O)O)CC[C@]3(C)C(=C(c4cccc5cnccc45)CC4[C@@]5(C)Cc6c(N)n[nH]c6C(C)(C)C5CC[C@]43C)C2C1. The van der Waals surface area contributed by atoms with Gasteiger partial charge in [0, 0.05) is 34.5 Å². The fourth-order valence-corrected chi connectivity index (χ4v) is 12.8. The molecule has 8 rings (SSSR count). The van der Waals surface area contributed by atoms with Crippen molar-refractivity contribution in [3.05, 3.63) is 59.1 Å². The minimum absolute atomic E-state index is 0.0145. The third-order valence-electron chi connectivity index (χ3n) is 15.4. The second-order valence-corrected chi connectivity index (χ2v) is 18.1.